The van der Waals surface area contributed by atoms with E-state index in [1.165, 1.54) is 0 Å². The van der Waals surface area contributed by atoms with Gasteiger partial charge in [0.1, 0.15) is 18.2 Å². The molecule has 8 heteroatoms. The van der Waals surface area contributed by atoms with Crippen LogP contribution in [-0.4, -0.2) is 64.9 Å². The monoisotopic (exact) mass is 596 g/mol. The van der Waals surface area contributed by atoms with Crippen molar-refractivity contribution in [3.63, 3.8) is 0 Å². The van der Waals surface area contributed by atoms with Crippen molar-refractivity contribution in [2.75, 3.05) is 39.5 Å². The van der Waals surface area contributed by atoms with Crippen molar-refractivity contribution in [1.29, 1.82) is 0 Å². The number of pyridine rings is 1. The Hall–Kier alpha value is -5.26. The van der Waals surface area contributed by atoms with Crippen molar-refractivity contribution in [3.05, 3.63) is 113 Å². The zero-order chi connectivity index (χ0) is 31.3. The summed E-state index contributed by atoms with van der Waals surface area (Å²) in [4.78, 5) is 31.8. The van der Waals surface area contributed by atoms with Crippen LogP contribution in [0.1, 0.15) is 38.3 Å². The first kappa shape index (κ1) is 29.8. The Morgan fingerprint density at radius 2 is 1.87 bits per heavy atom. The second kappa shape index (κ2) is 13.2. The van der Waals surface area contributed by atoms with Gasteiger partial charge < -0.3 is 15.0 Å². The average molecular weight is 597 g/mol. The van der Waals surface area contributed by atoms with Gasteiger partial charge in [-0.05, 0) is 81.0 Å². The lowest BCUT2D eigenvalue weighted by atomic mass is 10.0. The van der Waals surface area contributed by atoms with Crippen molar-refractivity contribution in [1.82, 2.24) is 24.8 Å². The summed E-state index contributed by atoms with van der Waals surface area (Å²) in [7, 11) is 5.87. The van der Waals surface area contributed by atoms with E-state index in [0.29, 0.717) is 37.5 Å². The van der Waals surface area contributed by atoms with E-state index in [2.05, 4.69) is 28.2 Å². The number of hydrogen-bond donors (Lipinski definition) is 1. The van der Waals surface area contributed by atoms with Crippen molar-refractivity contribution >= 4 is 22.6 Å². The van der Waals surface area contributed by atoms with Crippen LogP contribution in [0.15, 0.2) is 79.0 Å². The minimum Gasteiger partial charge on any atom is -0.489 e. The van der Waals surface area contributed by atoms with E-state index in [1.807, 2.05) is 105 Å². The van der Waals surface area contributed by atoms with Gasteiger partial charge in [-0.15, -0.1) is 0 Å². The fourth-order valence-electron chi connectivity index (χ4n) is 5.41. The van der Waals surface area contributed by atoms with Crippen LogP contribution in [-0.2, 0) is 19.6 Å². The van der Waals surface area contributed by atoms with Crippen molar-refractivity contribution in [3.8, 4) is 29.0 Å². The second-order valence-corrected chi connectivity index (χ2v) is 11.5. The van der Waals surface area contributed by atoms with E-state index in [4.69, 9.17) is 14.7 Å². The molecule has 0 saturated carbocycles. The van der Waals surface area contributed by atoms with Gasteiger partial charge in [0.25, 0.3) is 5.91 Å². The molecule has 0 atom stereocenters. The maximum absolute atomic E-state index is 13.6. The third-order valence-corrected chi connectivity index (χ3v) is 7.84. The van der Waals surface area contributed by atoms with E-state index in [-0.39, 0.29) is 5.91 Å². The van der Waals surface area contributed by atoms with Gasteiger partial charge in [-0.3, -0.25) is 14.7 Å². The summed E-state index contributed by atoms with van der Waals surface area (Å²) < 4.78 is 6.09. The molecule has 0 bridgehead atoms. The van der Waals surface area contributed by atoms with E-state index >= 15 is 0 Å². The van der Waals surface area contributed by atoms with Crippen LogP contribution < -0.4 is 10.1 Å². The minimum absolute atomic E-state index is 0.0199. The molecular formula is C37H36N6O2. The van der Waals surface area contributed by atoms with E-state index in [1.54, 1.807) is 6.20 Å². The topological polar surface area (TPSA) is 83.5 Å². The highest BCUT2D eigenvalue weighted by atomic mass is 16.5. The first-order valence-corrected chi connectivity index (χ1v) is 15.1. The number of carbonyl (C=O) groups is 1. The summed E-state index contributed by atoms with van der Waals surface area (Å²) in [6.45, 7) is 4.17. The first-order chi connectivity index (χ1) is 21.9. The number of benzene rings is 3. The number of nitrogens with zero attached hydrogens (tertiary/aromatic N) is 5. The zero-order valence-electron chi connectivity index (χ0n) is 26.1. The lowest BCUT2D eigenvalue weighted by molar-refractivity contribution is 0.0732. The Morgan fingerprint density at radius 1 is 1.04 bits per heavy atom. The molecule has 6 rings (SSSR count). The number of aromatic nitrogens is 3. The molecule has 0 radical (unpaired) electrons. The summed E-state index contributed by atoms with van der Waals surface area (Å²) in [5, 5.41) is 4.26. The van der Waals surface area contributed by atoms with Crippen molar-refractivity contribution in [2.45, 2.75) is 26.5 Å². The lowest BCUT2D eigenvalue weighted by Gasteiger charge is -2.29. The van der Waals surface area contributed by atoms with Crippen LogP contribution in [0.25, 0.3) is 22.3 Å². The molecule has 0 unspecified atom stereocenters. The summed E-state index contributed by atoms with van der Waals surface area (Å²) in [6, 6.07) is 23.7. The van der Waals surface area contributed by atoms with Crippen molar-refractivity contribution in [2.24, 2.45) is 0 Å². The molecule has 1 N–H and O–H groups in total. The molecule has 5 aromatic rings. The molecular weight excluding hydrogens is 560 g/mol. The molecule has 226 valence electrons. The Labute approximate surface area is 264 Å². The molecule has 2 aromatic heterocycles. The molecule has 0 aliphatic carbocycles. The fourth-order valence-corrected chi connectivity index (χ4v) is 5.41. The van der Waals surface area contributed by atoms with E-state index in [0.717, 1.165) is 62.5 Å². The Balaban J connectivity index is 1.12. The summed E-state index contributed by atoms with van der Waals surface area (Å²) in [6.07, 6.45) is 2.48. The standard InChI is InChI=1S/C37H36N6O2/c1-25-20-26(8-7-18-42(3)4)13-16-34(25)45-24-27-11-14-28(15-12-27)37(44)43-19-17-31-33(23-43)40-35(41-36(31)38-2)30-21-29-9-5-6-10-32(29)39-22-30/h5-6,9-16,20-22H,17-19,23-24H2,1-4H3,(H,38,40,41). The smallest absolute Gasteiger partial charge is 0.254 e. The lowest BCUT2D eigenvalue weighted by Crippen LogP contribution is -2.37. The Morgan fingerprint density at radius 3 is 2.64 bits per heavy atom. The highest BCUT2D eigenvalue weighted by Crippen LogP contribution is 2.29. The maximum atomic E-state index is 13.6. The Bertz CT molecular complexity index is 1920. The number of nitrogens with one attached hydrogen (secondary N) is 1. The molecule has 0 spiro atoms. The largest absolute Gasteiger partial charge is 0.489 e. The molecule has 3 heterocycles. The Kier molecular flexibility index (Phi) is 8.72. The number of amides is 1. The molecule has 1 amide bonds. The number of carbonyl (C=O) groups excluding carboxylic acids is 1. The van der Waals surface area contributed by atoms with Gasteiger partial charge in [0.15, 0.2) is 5.82 Å². The fraction of sp³-hybridized carbons (Fsp3) is 0.243. The number of rotatable bonds is 7. The normalized spacial score (nSPS) is 12.4. The van der Waals surface area contributed by atoms with E-state index in [9.17, 15) is 4.79 Å². The molecule has 8 nitrogen and oxygen atoms in total. The molecule has 1 aliphatic rings. The van der Waals surface area contributed by atoms with Crippen LogP contribution in [0.3, 0.4) is 0 Å². The third kappa shape index (κ3) is 6.79. The van der Waals surface area contributed by atoms with Crippen molar-refractivity contribution < 1.29 is 9.53 Å². The third-order valence-electron chi connectivity index (χ3n) is 7.84. The highest BCUT2D eigenvalue weighted by molar-refractivity contribution is 5.94. The second-order valence-electron chi connectivity index (χ2n) is 11.5. The first-order valence-electron chi connectivity index (χ1n) is 15.1. The number of anilines is 1. The predicted octanol–water partition coefficient (Wildman–Crippen LogP) is 5.73. The van der Waals surface area contributed by atoms with Gasteiger partial charge in [0.05, 0.1) is 24.3 Å². The number of aryl methyl sites for hydroxylation is 1. The number of hydrogen-bond acceptors (Lipinski definition) is 7. The van der Waals surface area contributed by atoms with Gasteiger partial charge in [-0.2, -0.15) is 0 Å². The van der Waals surface area contributed by atoms with Gasteiger partial charge in [0, 0.05) is 47.4 Å². The molecule has 1 aliphatic heterocycles. The SMILES string of the molecule is CNc1nc(-c2cnc3ccccc3c2)nc2c1CCN(C(=O)c1ccc(COc3ccc(C#CCN(C)C)cc3C)cc1)C2. The zero-order valence-corrected chi connectivity index (χ0v) is 26.1. The molecule has 0 saturated heterocycles. The van der Waals surface area contributed by atoms with Crippen LogP contribution in [0.5, 0.6) is 5.75 Å². The molecule has 0 fully saturated rings. The maximum Gasteiger partial charge on any atom is 0.254 e. The van der Waals surface area contributed by atoms with E-state index < -0.39 is 0 Å². The molecule has 45 heavy (non-hydrogen) atoms. The van der Waals surface area contributed by atoms with Crippen LogP contribution in [0.2, 0.25) is 0 Å². The van der Waals surface area contributed by atoms with Crippen LogP contribution >= 0.6 is 0 Å². The van der Waals surface area contributed by atoms with Gasteiger partial charge in [-0.1, -0.05) is 42.2 Å². The summed E-state index contributed by atoms with van der Waals surface area (Å²) in [5.41, 5.74) is 7.31. The summed E-state index contributed by atoms with van der Waals surface area (Å²) in [5.74, 6) is 8.54. The van der Waals surface area contributed by atoms with Gasteiger partial charge in [-0.25, -0.2) is 9.97 Å². The highest BCUT2D eigenvalue weighted by Gasteiger charge is 2.26. The van der Waals surface area contributed by atoms with Gasteiger partial charge in [0.2, 0.25) is 0 Å². The van der Waals surface area contributed by atoms with Gasteiger partial charge >= 0.3 is 0 Å². The minimum atomic E-state index is -0.0199. The van der Waals surface area contributed by atoms with Crippen LogP contribution in [0.4, 0.5) is 5.82 Å². The number of para-hydroxylation sites is 1. The average Bonchev–Trinajstić information content (AvgIpc) is 3.06. The number of ether oxygens (including phenoxy) is 1. The summed E-state index contributed by atoms with van der Waals surface area (Å²) >= 11 is 0. The predicted molar refractivity (Wildman–Crippen MR) is 178 cm³/mol. The van der Waals surface area contributed by atoms with Crippen LogP contribution in [0, 0.1) is 18.8 Å². The number of fused-ring (bicyclic) bond motifs is 2. The quantitative estimate of drug-likeness (QED) is 0.240. The molecule has 3 aromatic carbocycles.